The lowest BCUT2D eigenvalue weighted by molar-refractivity contribution is 0.0583. The lowest BCUT2D eigenvalue weighted by atomic mass is 9.89. The molecule has 0 aliphatic heterocycles. The Labute approximate surface area is 88.3 Å². The van der Waals surface area contributed by atoms with Crippen LogP contribution in [0.5, 0.6) is 0 Å². The molecule has 1 aliphatic carbocycles. The number of aromatic nitrogens is 1. The van der Waals surface area contributed by atoms with Gasteiger partial charge in [-0.3, -0.25) is 4.98 Å². The molecule has 3 nitrogen and oxygen atoms in total. The zero-order valence-corrected chi connectivity index (χ0v) is 8.65. The Kier molecular flexibility index (Phi) is 2.98. The summed E-state index contributed by atoms with van der Waals surface area (Å²) in [5, 5.41) is 12.5. The molecule has 15 heavy (non-hydrogen) atoms. The normalized spacial score (nSPS) is 27.1. The molecule has 1 aromatic heterocycles. The number of nitrogens with zero attached hydrogens (tertiary/aromatic N) is 1. The highest BCUT2D eigenvalue weighted by Gasteiger charge is 2.28. The van der Waals surface area contributed by atoms with Crippen LogP contribution in [0.15, 0.2) is 18.3 Å². The van der Waals surface area contributed by atoms with Crippen molar-refractivity contribution in [3.05, 3.63) is 29.8 Å². The van der Waals surface area contributed by atoms with E-state index in [2.05, 4.69) is 10.3 Å². The third-order valence-corrected chi connectivity index (χ3v) is 2.79. The van der Waals surface area contributed by atoms with Gasteiger partial charge in [-0.25, -0.2) is 4.39 Å². The van der Waals surface area contributed by atoms with Gasteiger partial charge < -0.3 is 10.4 Å². The zero-order chi connectivity index (χ0) is 10.8. The summed E-state index contributed by atoms with van der Waals surface area (Å²) in [6.07, 6.45) is 2.66. The first-order valence-corrected chi connectivity index (χ1v) is 5.20. The summed E-state index contributed by atoms with van der Waals surface area (Å²) >= 11 is 0. The van der Waals surface area contributed by atoms with Gasteiger partial charge in [0.05, 0.1) is 18.0 Å². The predicted octanol–water partition coefficient (Wildman–Crippen LogP) is 1.39. The first-order chi connectivity index (χ1) is 7.15. The number of pyridine rings is 1. The SMILES string of the molecule is CC(NC1CC(O)C1)c1ccc(F)cn1. The quantitative estimate of drug-likeness (QED) is 0.792. The van der Waals surface area contributed by atoms with Crippen molar-refractivity contribution in [2.24, 2.45) is 0 Å². The second-order valence-electron chi connectivity index (χ2n) is 4.11. The van der Waals surface area contributed by atoms with Crippen LogP contribution < -0.4 is 5.32 Å². The highest BCUT2D eigenvalue weighted by molar-refractivity contribution is 5.09. The van der Waals surface area contributed by atoms with Gasteiger partial charge in [-0.05, 0) is 31.9 Å². The van der Waals surface area contributed by atoms with Crippen molar-refractivity contribution >= 4 is 0 Å². The zero-order valence-electron chi connectivity index (χ0n) is 8.65. The smallest absolute Gasteiger partial charge is 0.141 e. The van der Waals surface area contributed by atoms with E-state index in [1.807, 2.05) is 6.92 Å². The Morgan fingerprint density at radius 2 is 2.27 bits per heavy atom. The van der Waals surface area contributed by atoms with E-state index in [-0.39, 0.29) is 18.0 Å². The topological polar surface area (TPSA) is 45.1 Å². The lowest BCUT2D eigenvalue weighted by Crippen LogP contribution is -2.45. The number of aliphatic hydroxyl groups excluding tert-OH is 1. The fourth-order valence-corrected chi connectivity index (χ4v) is 1.81. The summed E-state index contributed by atoms with van der Waals surface area (Å²) in [4.78, 5) is 4.01. The monoisotopic (exact) mass is 210 g/mol. The summed E-state index contributed by atoms with van der Waals surface area (Å²) in [5.74, 6) is -0.315. The molecule has 1 aliphatic rings. The molecule has 1 unspecified atom stereocenters. The Morgan fingerprint density at radius 1 is 1.53 bits per heavy atom. The molecule has 2 N–H and O–H groups in total. The van der Waals surface area contributed by atoms with E-state index in [0.29, 0.717) is 6.04 Å². The van der Waals surface area contributed by atoms with E-state index < -0.39 is 0 Å². The summed E-state index contributed by atoms with van der Waals surface area (Å²) in [7, 11) is 0. The molecular formula is C11H15FN2O. The van der Waals surface area contributed by atoms with Gasteiger partial charge in [0.25, 0.3) is 0 Å². The molecule has 2 rings (SSSR count). The predicted molar refractivity (Wildman–Crippen MR) is 54.8 cm³/mol. The Hall–Kier alpha value is -1.00. The summed E-state index contributed by atoms with van der Waals surface area (Å²) in [6.45, 7) is 1.99. The molecule has 1 aromatic rings. The van der Waals surface area contributed by atoms with Crippen molar-refractivity contribution < 1.29 is 9.50 Å². The molecule has 1 heterocycles. The molecule has 0 saturated heterocycles. The van der Waals surface area contributed by atoms with Crippen molar-refractivity contribution in [1.29, 1.82) is 0 Å². The fourth-order valence-electron chi connectivity index (χ4n) is 1.81. The third-order valence-electron chi connectivity index (χ3n) is 2.79. The van der Waals surface area contributed by atoms with Crippen LogP contribution in [0.3, 0.4) is 0 Å². The van der Waals surface area contributed by atoms with E-state index in [1.165, 1.54) is 12.3 Å². The lowest BCUT2D eigenvalue weighted by Gasteiger charge is -2.34. The summed E-state index contributed by atoms with van der Waals surface area (Å²) < 4.78 is 12.6. The van der Waals surface area contributed by atoms with Crippen LogP contribution in [0.4, 0.5) is 4.39 Å². The average molecular weight is 210 g/mol. The number of aliphatic hydroxyl groups is 1. The van der Waals surface area contributed by atoms with E-state index in [4.69, 9.17) is 5.11 Å². The molecule has 0 bridgehead atoms. The Morgan fingerprint density at radius 3 is 2.80 bits per heavy atom. The first kappa shape index (κ1) is 10.5. The van der Waals surface area contributed by atoms with Gasteiger partial charge in [0.1, 0.15) is 5.82 Å². The van der Waals surface area contributed by atoms with Gasteiger partial charge >= 0.3 is 0 Å². The maximum Gasteiger partial charge on any atom is 0.141 e. The maximum absolute atomic E-state index is 12.6. The third kappa shape index (κ3) is 2.52. The molecule has 1 saturated carbocycles. The van der Waals surface area contributed by atoms with E-state index in [0.717, 1.165) is 18.5 Å². The van der Waals surface area contributed by atoms with Crippen molar-refractivity contribution in [1.82, 2.24) is 10.3 Å². The van der Waals surface area contributed by atoms with Crippen LogP contribution in [-0.4, -0.2) is 22.2 Å². The summed E-state index contributed by atoms with van der Waals surface area (Å²) in [6, 6.07) is 3.56. The van der Waals surface area contributed by atoms with Crippen LogP contribution in [0.25, 0.3) is 0 Å². The molecular weight excluding hydrogens is 195 g/mol. The summed E-state index contributed by atoms with van der Waals surface area (Å²) in [5.41, 5.74) is 0.831. The van der Waals surface area contributed by atoms with Crippen LogP contribution in [0.2, 0.25) is 0 Å². The number of hydrogen-bond donors (Lipinski definition) is 2. The molecule has 0 aromatic carbocycles. The van der Waals surface area contributed by atoms with Crippen LogP contribution in [0, 0.1) is 5.82 Å². The second kappa shape index (κ2) is 4.24. The van der Waals surface area contributed by atoms with Gasteiger partial charge in [0.2, 0.25) is 0 Å². The van der Waals surface area contributed by atoms with Gasteiger partial charge in [0, 0.05) is 12.1 Å². The van der Waals surface area contributed by atoms with Gasteiger partial charge in [-0.1, -0.05) is 0 Å². The minimum atomic E-state index is -0.315. The molecule has 0 radical (unpaired) electrons. The van der Waals surface area contributed by atoms with Crippen molar-refractivity contribution in [2.45, 2.75) is 38.0 Å². The molecule has 1 atom stereocenters. The Bertz CT molecular complexity index is 322. The molecule has 1 fully saturated rings. The van der Waals surface area contributed by atoms with Gasteiger partial charge in [0.15, 0.2) is 0 Å². The highest BCUT2D eigenvalue weighted by atomic mass is 19.1. The van der Waals surface area contributed by atoms with Crippen LogP contribution in [0.1, 0.15) is 31.5 Å². The molecule has 82 valence electrons. The molecule has 0 spiro atoms. The van der Waals surface area contributed by atoms with Crippen molar-refractivity contribution in [2.75, 3.05) is 0 Å². The van der Waals surface area contributed by atoms with Crippen molar-refractivity contribution in [3.8, 4) is 0 Å². The standard InChI is InChI=1S/C11H15FN2O/c1-7(14-9-4-10(15)5-9)11-3-2-8(12)6-13-11/h2-3,6-7,9-10,14-15H,4-5H2,1H3. The van der Waals surface area contributed by atoms with Gasteiger partial charge in [-0.15, -0.1) is 0 Å². The fraction of sp³-hybridized carbons (Fsp3) is 0.545. The number of nitrogens with one attached hydrogen (secondary N) is 1. The maximum atomic E-state index is 12.6. The second-order valence-corrected chi connectivity index (χ2v) is 4.11. The average Bonchev–Trinajstić information content (AvgIpc) is 2.16. The number of hydrogen-bond acceptors (Lipinski definition) is 3. The molecule has 0 amide bonds. The first-order valence-electron chi connectivity index (χ1n) is 5.20. The minimum absolute atomic E-state index is 0.100. The minimum Gasteiger partial charge on any atom is -0.393 e. The largest absolute Gasteiger partial charge is 0.393 e. The highest BCUT2D eigenvalue weighted by Crippen LogP contribution is 2.22. The van der Waals surface area contributed by atoms with E-state index >= 15 is 0 Å². The number of halogens is 1. The number of rotatable bonds is 3. The van der Waals surface area contributed by atoms with E-state index in [1.54, 1.807) is 6.07 Å². The Balaban J connectivity index is 1.90. The van der Waals surface area contributed by atoms with E-state index in [9.17, 15) is 4.39 Å². The van der Waals surface area contributed by atoms with Crippen molar-refractivity contribution in [3.63, 3.8) is 0 Å². The molecule has 4 heteroatoms. The van der Waals surface area contributed by atoms with Gasteiger partial charge in [-0.2, -0.15) is 0 Å². The van der Waals surface area contributed by atoms with Crippen LogP contribution >= 0.6 is 0 Å². The van der Waals surface area contributed by atoms with Crippen LogP contribution in [-0.2, 0) is 0 Å².